The largest absolute Gasteiger partial charge is 0.461 e. The van der Waals surface area contributed by atoms with Crippen molar-refractivity contribution < 1.29 is 23.5 Å². The smallest absolute Gasteiger partial charge is 0.360 e. The fourth-order valence-electron chi connectivity index (χ4n) is 4.32. The quantitative estimate of drug-likeness (QED) is 0.718. The van der Waals surface area contributed by atoms with Crippen LogP contribution in [0.15, 0.2) is 17.1 Å². The number of rotatable bonds is 6. The van der Waals surface area contributed by atoms with Crippen LogP contribution in [0.4, 0.5) is 0 Å². The first-order valence-corrected chi connectivity index (χ1v) is 10.5. The van der Waals surface area contributed by atoms with Crippen LogP contribution >= 0.6 is 0 Å². The monoisotopic (exact) mass is 416 g/mol. The van der Waals surface area contributed by atoms with Gasteiger partial charge in [0.2, 0.25) is 0 Å². The van der Waals surface area contributed by atoms with Gasteiger partial charge >= 0.3 is 5.97 Å². The molecule has 1 spiro atoms. The lowest BCUT2D eigenvalue weighted by atomic mass is 9.75. The number of amides is 1. The molecule has 4 rings (SSSR count). The minimum atomic E-state index is -0.506. The number of oxazole rings is 1. The first kappa shape index (κ1) is 20.6. The SMILES string of the molecule is CCn1nc(CC(C)COC(=O)c2cocn2)c2c1C(=O)NCC1(CCOCC1)C2. The van der Waals surface area contributed by atoms with E-state index in [1.807, 2.05) is 13.8 Å². The second-order valence-corrected chi connectivity index (χ2v) is 8.34. The second kappa shape index (κ2) is 8.59. The summed E-state index contributed by atoms with van der Waals surface area (Å²) in [5.41, 5.74) is 2.79. The fourth-order valence-corrected chi connectivity index (χ4v) is 4.32. The van der Waals surface area contributed by atoms with Gasteiger partial charge in [-0.2, -0.15) is 5.10 Å². The van der Waals surface area contributed by atoms with Crippen LogP contribution < -0.4 is 5.32 Å². The number of nitrogens with zero attached hydrogens (tertiary/aromatic N) is 3. The standard InChI is InChI=1S/C21H28N4O5/c1-3-25-18-15(9-21(12-22-19(18)26)4-6-28-7-5-21)16(24-25)8-14(2)10-30-20(27)17-11-29-13-23-17/h11,13-14H,3-10,12H2,1-2H3,(H,22,26). The summed E-state index contributed by atoms with van der Waals surface area (Å²) in [7, 11) is 0. The number of carbonyl (C=O) groups is 2. The second-order valence-electron chi connectivity index (χ2n) is 8.34. The number of carbonyl (C=O) groups excluding carboxylic acids is 2. The van der Waals surface area contributed by atoms with E-state index >= 15 is 0 Å². The highest BCUT2D eigenvalue weighted by molar-refractivity contribution is 5.94. The van der Waals surface area contributed by atoms with Crippen LogP contribution in [-0.2, 0) is 28.9 Å². The van der Waals surface area contributed by atoms with Gasteiger partial charge in [0.15, 0.2) is 12.1 Å². The Balaban J connectivity index is 1.52. The van der Waals surface area contributed by atoms with Crippen LogP contribution in [0.5, 0.6) is 0 Å². The van der Waals surface area contributed by atoms with E-state index in [0.717, 1.165) is 43.7 Å². The van der Waals surface area contributed by atoms with Gasteiger partial charge in [-0.1, -0.05) is 6.92 Å². The summed E-state index contributed by atoms with van der Waals surface area (Å²) in [5, 5.41) is 7.87. The first-order valence-electron chi connectivity index (χ1n) is 10.5. The lowest BCUT2D eigenvalue weighted by molar-refractivity contribution is 0.0160. The third-order valence-electron chi connectivity index (χ3n) is 6.06. The molecule has 2 aliphatic heterocycles. The zero-order valence-corrected chi connectivity index (χ0v) is 17.5. The molecule has 4 heterocycles. The van der Waals surface area contributed by atoms with E-state index in [-0.39, 0.29) is 29.5 Å². The number of ether oxygens (including phenoxy) is 2. The molecular weight excluding hydrogens is 388 g/mol. The topological polar surface area (TPSA) is 108 Å². The van der Waals surface area contributed by atoms with Gasteiger partial charge < -0.3 is 19.2 Å². The minimum Gasteiger partial charge on any atom is -0.461 e. The van der Waals surface area contributed by atoms with E-state index in [2.05, 4.69) is 10.3 Å². The maximum atomic E-state index is 12.9. The number of aryl methyl sites for hydroxylation is 1. The number of aromatic nitrogens is 3. The normalized spacial score (nSPS) is 19.1. The zero-order chi connectivity index (χ0) is 21.1. The van der Waals surface area contributed by atoms with Crippen molar-refractivity contribution in [1.82, 2.24) is 20.1 Å². The van der Waals surface area contributed by atoms with E-state index < -0.39 is 5.97 Å². The van der Waals surface area contributed by atoms with Crippen LogP contribution in [0.3, 0.4) is 0 Å². The molecule has 0 saturated carbocycles. The average Bonchev–Trinajstić information content (AvgIpc) is 3.37. The van der Waals surface area contributed by atoms with Gasteiger partial charge in [0.25, 0.3) is 5.91 Å². The number of esters is 1. The van der Waals surface area contributed by atoms with Gasteiger partial charge in [0, 0.05) is 31.9 Å². The van der Waals surface area contributed by atoms with E-state index in [4.69, 9.17) is 19.0 Å². The van der Waals surface area contributed by atoms with Crippen molar-refractivity contribution in [3.05, 3.63) is 35.3 Å². The van der Waals surface area contributed by atoms with Crippen LogP contribution in [0.2, 0.25) is 0 Å². The molecule has 1 saturated heterocycles. The van der Waals surface area contributed by atoms with Crippen molar-refractivity contribution in [1.29, 1.82) is 0 Å². The molecule has 1 N–H and O–H groups in total. The minimum absolute atomic E-state index is 0.0121. The molecule has 2 aliphatic rings. The van der Waals surface area contributed by atoms with Crippen LogP contribution in [0.25, 0.3) is 0 Å². The predicted molar refractivity (Wildman–Crippen MR) is 106 cm³/mol. The molecule has 162 valence electrons. The first-order chi connectivity index (χ1) is 14.5. The number of hydrogen-bond acceptors (Lipinski definition) is 7. The van der Waals surface area contributed by atoms with Gasteiger partial charge in [0.1, 0.15) is 12.0 Å². The maximum Gasteiger partial charge on any atom is 0.360 e. The van der Waals surface area contributed by atoms with Crippen molar-refractivity contribution in [3.63, 3.8) is 0 Å². The molecule has 0 aliphatic carbocycles. The molecule has 9 heteroatoms. The van der Waals surface area contributed by atoms with Crippen molar-refractivity contribution in [2.45, 2.75) is 46.1 Å². The molecule has 1 amide bonds. The van der Waals surface area contributed by atoms with Crippen LogP contribution in [0.1, 0.15) is 58.9 Å². The maximum absolute atomic E-state index is 12.9. The zero-order valence-electron chi connectivity index (χ0n) is 17.5. The summed E-state index contributed by atoms with van der Waals surface area (Å²) >= 11 is 0. The molecule has 2 aromatic heterocycles. The summed E-state index contributed by atoms with van der Waals surface area (Å²) < 4.78 is 17.5. The highest BCUT2D eigenvalue weighted by Crippen LogP contribution is 2.38. The third kappa shape index (κ3) is 4.12. The van der Waals surface area contributed by atoms with E-state index in [0.29, 0.717) is 25.2 Å². The summed E-state index contributed by atoms with van der Waals surface area (Å²) in [5.74, 6) is -0.518. The Kier molecular flexibility index (Phi) is 5.90. The van der Waals surface area contributed by atoms with Crippen molar-refractivity contribution >= 4 is 11.9 Å². The van der Waals surface area contributed by atoms with Crippen LogP contribution in [-0.4, -0.2) is 53.0 Å². The number of fused-ring (bicyclic) bond motifs is 1. The molecular formula is C21H28N4O5. The Labute approximate surface area is 175 Å². The van der Waals surface area contributed by atoms with E-state index in [9.17, 15) is 9.59 Å². The molecule has 30 heavy (non-hydrogen) atoms. The Morgan fingerprint density at radius 1 is 1.40 bits per heavy atom. The number of hydrogen-bond donors (Lipinski definition) is 1. The summed E-state index contributed by atoms with van der Waals surface area (Å²) in [6.45, 7) is 6.97. The molecule has 1 fully saturated rings. The highest BCUT2D eigenvalue weighted by atomic mass is 16.5. The molecule has 1 atom stereocenters. The molecule has 9 nitrogen and oxygen atoms in total. The Morgan fingerprint density at radius 3 is 2.90 bits per heavy atom. The Hall–Kier alpha value is -2.68. The average molecular weight is 416 g/mol. The summed E-state index contributed by atoms with van der Waals surface area (Å²) in [4.78, 5) is 28.7. The van der Waals surface area contributed by atoms with Gasteiger partial charge in [-0.15, -0.1) is 0 Å². The molecule has 0 aromatic carbocycles. The lowest BCUT2D eigenvalue weighted by Gasteiger charge is -2.36. The van der Waals surface area contributed by atoms with Gasteiger partial charge in [-0.3, -0.25) is 9.48 Å². The van der Waals surface area contributed by atoms with Crippen molar-refractivity contribution in [2.24, 2.45) is 11.3 Å². The molecule has 0 radical (unpaired) electrons. The third-order valence-corrected chi connectivity index (χ3v) is 6.06. The highest BCUT2D eigenvalue weighted by Gasteiger charge is 2.39. The molecule has 0 bridgehead atoms. The van der Waals surface area contributed by atoms with Crippen molar-refractivity contribution in [2.75, 3.05) is 26.4 Å². The van der Waals surface area contributed by atoms with E-state index in [1.54, 1.807) is 4.68 Å². The van der Waals surface area contributed by atoms with Gasteiger partial charge in [-0.05, 0) is 43.9 Å². The van der Waals surface area contributed by atoms with Gasteiger partial charge in [-0.25, -0.2) is 9.78 Å². The summed E-state index contributed by atoms with van der Waals surface area (Å²) in [6, 6.07) is 0. The molecule has 1 unspecified atom stereocenters. The Bertz CT molecular complexity index is 899. The van der Waals surface area contributed by atoms with Gasteiger partial charge in [0.05, 0.1) is 12.3 Å². The number of nitrogens with one attached hydrogen (secondary N) is 1. The fraction of sp³-hybridized carbons (Fsp3) is 0.619. The van der Waals surface area contributed by atoms with E-state index in [1.165, 1.54) is 12.7 Å². The van der Waals surface area contributed by atoms with Crippen LogP contribution in [0, 0.1) is 11.3 Å². The lowest BCUT2D eigenvalue weighted by Crippen LogP contribution is -2.40. The predicted octanol–water partition coefficient (Wildman–Crippen LogP) is 2.01. The summed E-state index contributed by atoms with van der Waals surface area (Å²) in [6.07, 6.45) is 5.75. The van der Waals surface area contributed by atoms with Crippen molar-refractivity contribution in [3.8, 4) is 0 Å². The molecule has 2 aromatic rings. The Morgan fingerprint density at radius 2 is 2.20 bits per heavy atom.